The van der Waals surface area contributed by atoms with Gasteiger partial charge in [-0.2, -0.15) is 0 Å². The van der Waals surface area contributed by atoms with Crippen molar-refractivity contribution in [2.75, 3.05) is 6.26 Å². The van der Waals surface area contributed by atoms with Crippen LogP contribution in [0.5, 0.6) is 0 Å². The van der Waals surface area contributed by atoms with Gasteiger partial charge in [0.05, 0.1) is 10.5 Å². The summed E-state index contributed by atoms with van der Waals surface area (Å²) in [5.41, 5.74) is -0.567. The Kier molecular flexibility index (Phi) is 4.01. The molecule has 5 nitrogen and oxygen atoms in total. The van der Waals surface area contributed by atoms with Crippen LogP contribution in [-0.2, 0) is 15.4 Å². The Balaban J connectivity index is 2.95. The summed E-state index contributed by atoms with van der Waals surface area (Å²) < 4.78 is 24.4. The van der Waals surface area contributed by atoms with Crippen molar-refractivity contribution in [3.8, 4) is 10.6 Å². The molecule has 0 atom stereocenters. The highest BCUT2D eigenvalue weighted by atomic mass is 32.2. The minimum Gasteiger partial charge on any atom is -0.386 e. The Bertz CT molecular complexity index is 772. The predicted octanol–water partition coefficient (Wildman–Crippen LogP) is 2.25. The average molecular weight is 325 g/mol. The zero-order valence-electron chi connectivity index (χ0n) is 11.8. The van der Waals surface area contributed by atoms with Crippen molar-refractivity contribution in [3.63, 3.8) is 0 Å². The molecule has 1 aromatic carbocycles. The number of nitrogens with zero attached hydrogens (tertiary/aromatic N) is 1. The largest absolute Gasteiger partial charge is 0.386 e. The highest BCUT2D eigenvalue weighted by Gasteiger charge is 2.29. The third-order valence-corrected chi connectivity index (χ3v) is 4.93. The van der Waals surface area contributed by atoms with Crippen molar-refractivity contribution in [1.82, 2.24) is 4.98 Å². The number of carbonyl (C=O) groups excluding carboxylic acids is 1. The number of hydrogen-bond acceptors (Lipinski definition) is 6. The first-order valence-corrected chi connectivity index (χ1v) is 8.87. The van der Waals surface area contributed by atoms with E-state index < -0.39 is 15.4 Å². The highest BCUT2D eigenvalue weighted by Crippen LogP contribution is 2.37. The van der Waals surface area contributed by atoms with Gasteiger partial charge in [0.15, 0.2) is 9.84 Å². The summed E-state index contributed by atoms with van der Waals surface area (Å²) in [6, 6.07) is 2.89. The van der Waals surface area contributed by atoms with Crippen LogP contribution in [-0.4, -0.2) is 31.1 Å². The number of sulfone groups is 1. The van der Waals surface area contributed by atoms with Crippen LogP contribution < -0.4 is 0 Å². The molecule has 1 heterocycles. The Hall–Kier alpha value is -1.57. The van der Waals surface area contributed by atoms with E-state index in [1.165, 1.54) is 37.3 Å². The Morgan fingerprint density at radius 1 is 1.33 bits per heavy atom. The first-order chi connectivity index (χ1) is 9.64. The number of rotatable bonds is 4. The quantitative estimate of drug-likeness (QED) is 0.872. The summed E-state index contributed by atoms with van der Waals surface area (Å²) in [7, 11) is -3.61. The van der Waals surface area contributed by atoms with E-state index in [4.69, 9.17) is 0 Å². The molecular formula is C14H15NO4S2. The molecule has 21 heavy (non-hydrogen) atoms. The van der Waals surface area contributed by atoms with E-state index in [0.29, 0.717) is 22.4 Å². The zero-order chi connectivity index (χ0) is 15.8. The van der Waals surface area contributed by atoms with Crippen molar-refractivity contribution in [1.29, 1.82) is 0 Å². The maximum Gasteiger partial charge on any atom is 0.176 e. The van der Waals surface area contributed by atoms with Gasteiger partial charge in [0.1, 0.15) is 11.3 Å². The second kappa shape index (κ2) is 5.32. The molecule has 1 aromatic heterocycles. The lowest BCUT2D eigenvalue weighted by atomic mass is 9.94. The molecule has 0 saturated carbocycles. The lowest BCUT2D eigenvalue weighted by molar-refractivity contribution is 0.0755. The first-order valence-electron chi connectivity index (χ1n) is 6.10. The molecule has 1 N–H and O–H groups in total. The molecule has 0 aliphatic carbocycles. The third kappa shape index (κ3) is 3.20. The molecule has 0 amide bonds. The van der Waals surface area contributed by atoms with Gasteiger partial charge in [-0.25, -0.2) is 13.4 Å². The van der Waals surface area contributed by atoms with Gasteiger partial charge in [-0.1, -0.05) is 0 Å². The molecule has 0 spiro atoms. The van der Waals surface area contributed by atoms with Gasteiger partial charge in [-0.05, 0) is 26.0 Å². The van der Waals surface area contributed by atoms with Crippen LogP contribution in [0.1, 0.15) is 29.8 Å². The van der Waals surface area contributed by atoms with Crippen molar-refractivity contribution >= 4 is 27.5 Å². The Morgan fingerprint density at radius 2 is 2.00 bits per heavy atom. The average Bonchev–Trinajstić information content (AvgIpc) is 2.88. The molecule has 112 valence electrons. The molecule has 2 aromatic rings. The number of benzene rings is 1. The Labute approximate surface area is 127 Å². The van der Waals surface area contributed by atoms with Crippen LogP contribution >= 0.6 is 11.3 Å². The zero-order valence-corrected chi connectivity index (χ0v) is 13.5. The minimum atomic E-state index is -3.61. The number of aliphatic hydroxyl groups is 1. The number of carbonyl (C=O) groups is 1. The summed E-state index contributed by atoms with van der Waals surface area (Å²) in [6.45, 7) is 2.97. The first kappa shape index (κ1) is 15.8. The molecule has 0 aliphatic heterocycles. The lowest BCUT2D eigenvalue weighted by Gasteiger charge is -2.23. The van der Waals surface area contributed by atoms with Gasteiger partial charge in [-0.15, -0.1) is 11.3 Å². The normalized spacial score (nSPS) is 12.4. The van der Waals surface area contributed by atoms with E-state index in [2.05, 4.69) is 4.98 Å². The van der Waals surface area contributed by atoms with Crippen molar-refractivity contribution in [2.45, 2.75) is 24.3 Å². The second-order valence-electron chi connectivity index (χ2n) is 5.23. The number of thiazole rings is 1. The summed E-state index contributed by atoms with van der Waals surface area (Å²) >= 11 is 1.27. The molecule has 0 saturated heterocycles. The van der Waals surface area contributed by atoms with Gasteiger partial charge < -0.3 is 5.11 Å². The van der Waals surface area contributed by atoms with Crippen molar-refractivity contribution < 1.29 is 18.3 Å². The maximum absolute atomic E-state index is 12.2. The topological polar surface area (TPSA) is 84.3 Å². The number of hydrogen-bond donors (Lipinski definition) is 1. The van der Waals surface area contributed by atoms with E-state index in [0.717, 1.165) is 6.26 Å². The molecule has 0 radical (unpaired) electrons. The van der Waals surface area contributed by atoms with Crippen LogP contribution in [0.3, 0.4) is 0 Å². The molecule has 0 bridgehead atoms. The van der Waals surface area contributed by atoms with E-state index in [9.17, 15) is 18.3 Å². The minimum absolute atomic E-state index is 0.00977. The third-order valence-electron chi connectivity index (χ3n) is 2.94. The van der Waals surface area contributed by atoms with Gasteiger partial charge in [0.2, 0.25) is 0 Å². The van der Waals surface area contributed by atoms with Crippen molar-refractivity contribution in [3.05, 3.63) is 34.8 Å². The van der Waals surface area contributed by atoms with E-state index >= 15 is 0 Å². The fraction of sp³-hybridized carbons (Fsp3) is 0.286. The maximum atomic E-state index is 12.2. The lowest BCUT2D eigenvalue weighted by Crippen LogP contribution is -2.21. The molecular weight excluding hydrogens is 310 g/mol. The molecule has 2 rings (SSSR count). The SMILES string of the molecule is CC(C)(O)c1cc(C=O)cc(-c2nccs2)c1S(C)(=O)=O. The summed E-state index contributed by atoms with van der Waals surface area (Å²) in [4.78, 5) is 15.2. The van der Waals surface area contributed by atoms with Crippen LogP contribution in [0.4, 0.5) is 0 Å². The van der Waals surface area contributed by atoms with E-state index in [-0.39, 0.29) is 10.5 Å². The van der Waals surface area contributed by atoms with Crippen LogP contribution in [0.25, 0.3) is 10.6 Å². The second-order valence-corrected chi connectivity index (χ2v) is 8.08. The number of aldehydes is 1. The summed E-state index contributed by atoms with van der Waals surface area (Å²) in [6.07, 6.45) is 3.26. The number of aromatic nitrogens is 1. The molecule has 7 heteroatoms. The fourth-order valence-electron chi connectivity index (χ4n) is 2.09. The van der Waals surface area contributed by atoms with Crippen molar-refractivity contribution in [2.24, 2.45) is 0 Å². The summed E-state index contributed by atoms with van der Waals surface area (Å²) in [5.74, 6) is 0. The summed E-state index contributed by atoms with van der Waals surface area (Å²) in [5, 5.41) is 12.5. The molecule has 0 fully saturated rings. The van der Waals surface area contributed by atoms with Crippen LogP contribution in [0, 0.1) is 0 Å². The van der Waals surface area contributed by atoms with Gasteiger partial charge >= 0.3 is 0 Å². The molecule has 0 aliphatic rings. The van der Waals surface area contributed by atoms with Gasteiger partial charge in [0, 0.05) is 34.5 Å². The van der Waals surface area contributed by atoms with E-state index in [1.54, 1.807) is 11.6 Å². The van der Waals surface area contributed by atoms with Crippen LogP contribution in [0.15, 0.2) is 28.6 Å². The smallest absolute Gasteiger partial charge is 0.176 e. The predicted molar refractivity (Wildman–Crippen MR) is 81.3 cm³/mol. The van der Waals surface area contributed by atoms with Gasteiger partial charge in [-0.3, -0.25) is 4.79 Å². The van der Waals surface area contributed by atoms with E-state index in [1.807, 2.05) is 0 Å². The fourth-order valence-corrected chi connectivity index (χ4v) is 4.08. The van der Waals surface area contributed by atoms with Gasteiger partial charge in [0.25, 0.3) is 0 Å². The standard InChI is InChI=1S/C14H15NO4S2/c1-14(2,17)11-7-9(8-16)6-10(12(11)21(3,18)19)13-15-4-5-20-13/h4-8,17H,1-3H3. The monoisotopic (exact) mass is 325 g/mol. The Morgan fingerprint density at radius 3 is 2.43 bits per heavy atom. The van der Waals surface area contributed by atoms with Crippen LogP contribution in [0.2, 0.25) is 0 Å². The highest BCUT2D eigenvalue weighted by molar-refractivity contribution is 7.91. The molecule has 0 unspecified atom stereocenters.